The second-order valence-electron chi connectivity index (χ2n) is 8.73. The van der Waals surface area contributed by atoms with Crippen LogP contribution in [0.1, 0.15) is 77.6 Å². The molecule has 0 radical (unpaired) electrons. The Kier molecular flexibility index (Phi) is 9.25. The third-order valence-electron chi connectivity index (χ3n) is 6.29. The van der Waals surface area contributed by atoms with Gasteiger partial charge in [0.2, 0.25) is 5.91 Å². The molecular formula is C28H37N3O3. The van der Waals surface area contributed by atoms with Crippen LogP contribution in [-0.2, 0) is 4.79 Å². The number of hydrogen-bond acceptors (Lipinski definition) is 4. The number of rotatable bonds is 12. The lowest BCUT2D eigenvalue weighted by molar-refractivity contribution is -0.133. The molecule has 3 aromatic rings. The minimum Gasteiger partial charge on any atom is -0.495 e. The molecular weight excluding hydrogens is 426 g/mol. The number of carbonyl (C=O) groups excluding carboxylic acids is 1. The minimum atomic E-state index is -0.367. The van der Waals surface area contributed by atoms with Gasteiger partial charge in [-0.25, -0.2) is 4.98 Å². The zero-order valence-electron chi connectivity index (χ0n) is 20.9. The van der Waals surface area contributed by atoms with Crippen molar-refractivity contribution in [3.63, 3.8) is 0 Å². The topological polar surface area (TPSA) is 64.4 Å². The summed E-state index contributed by atoms with van der Waals surface area (Å²) < 4.78 is 7.21. The Morgan fingerprint density at radius 2 is 1.71 bits per heavy atom. The molecule has 1 heterocycles. The van der Waals surface area contributed by atoms with E-state index in [0.29, 0.717) is 41.1 Å². The number of carbonyl (C=O) groups is 1. The molecule has 0 unspecified atom stereocenters. The van der Waals surface area contributed by atoms with Crippen LogP contribution in [0.3, 0.4) is 0 Å². The van der Waals surface area contributed by atoms with E-state index in [4.69, 9.17) is 9.72 Å². The summed E-state index contributed by atoms with van der Waals surface area (Å²) in [6.07, 6.45) is 6.60. The summed E-state index contributed by atoms with van der Waals surface area (Å²) in [5.74, 6) is 1.25. The van der Waals surface area contributed by atoms with Gasteiger partial charge in [-0.15, -0.1) is 0 Å². The maximum Gasteiger partial charge on any atom is 0.266 e. The van der Waals surface area contributed by atoms with Gasteiger partial charge in [-0.3, -0.25) is 14.2 Å². The number of nitrogens with zero attached hydrogens (tertiary/aromatic N) is 3. The van der Waals surface area contributed by atoms with Crippen LogP contribution < -0.4 is 10.3 Å². The second kappa shape index (κ2) is 12.4. The van der Waals surface area contributed by atoms with Crippen molar-refractivity contribution < 1.29 is 9.53 Å². The molecule has 6 heteroatoms. The van der Waals surface area contributed by atoms with Crippen LogP contribution in [0, 0.1) is 0 Å². The van der Waals surface area contributed by atoms with E-state index in [1.165, 1.54) is 0 Å². The molecule has 0 saturated carbocycles. The number of para-hydroxylation sites is 3. The lowest BCUT2D eigenvalue weighted by atomic mass is 10.1. The molecule has 1 amide bonds. The van der Waals surface area contributed by atoms with Crippen molar-refractivity contribution >= 4 is 16.8 Å². The monoisotopic (exact) mass is 463 g/mol. The van der Waals surface area contributed by atoms with Crippen molar-refractivity contribution in [2.45, 2.75) is 71.8 Å². The fourth-order valence-electron chi connectivity index (χ4n) is 4.33. The first-order chi connectivity index (χ1) is 16.5. The van der Waals surface area contributed by atoms with E-state index in [1.54, 1.807) is 17.7 Å². The fraction of sp³-hybridized carbons (Fsp3) is 0.464. The van der Waals surface area contributed by atoms with Gasteiger partial charge in [0.1, 0.15) is 11.6 Å². The molecule has 1 aromatic heterocycles. The fourth-order valence-corrected chi connectivity index (χ4v) is 4.33. The number of aromatic nitrogens is 2. The molecule has 0 N–H and O–H groups in total. The number of benzene rings is 2. The predicted octanol–water partition coefficient (Wildman–Crippen LogP) is 6.05. The number of hydrogen-bond donors (Lipinski definition) is 0. The van der Waals surface area contributed by atoms with Crippen molar-refractivity contribution in [3.05, 3.63) is 64.7 Å². The molecule has 0 aliphatic heterocycles. The summed E-state index contributed by atoms with van der Waals surface area (Å²) in [5, 5.41) is 0.538. The van der Waals surface area contributed by atoms with Crippen LogP contribution in [0.2, 0.25) is 0 Å². The van der Waals surface area contributed by atoms with Crippen molar-refractivity contribution in [1.29, 1.82) is 0 Å². The molecule has 3 rings (SSSR count). The molecule has 0 spiro atoms. The number of ether oxygens (including phenoxy) is 1. The van der Waals surface area contributed by atoms with E-state index < -0.39 is 0 Å². The number of methoxy groups -OCH3 is 1. The van der Waals surface area contributed by atoms with Crippen LogP contribution in [-0.4, -0.2) is 34.0 Å². The van der Waals surface area contributed by atoms with Gasteiger partial charge < -0.3 is 9.64 Å². The van der Waals surface area contributed by atoms with E-state index in [-0.39, 0.29) is 17.5 Å². The summed E-state index contributed by atoms with van der Waals surface area (Å²) in [6.45, 7) is 6.90. The highest BCUT2D eigenvalue weighted by Crippen LogP contribution is 2.28. The van der Waals surface area contributed by atoms with Crippen LogP contribution in [0.25, 0.3) is 16.6 Å². The highest BCUT2D eigenvalue weighted by atomic mass is 16.5. The highest BCUT2D eigenvalue weighted by Gasteiger charge is 2.27. The summed E-state index contributed by atoms with van der Waals surface area (Å²) in [6, 6.07) is 14.4. The summed E-state index contributed by atoms with van der Waals surface area (Å²) in [5.41, 5.74) is 1.10. The zero-order chi connectivity index (χ0) is 24.5. The molecule has 0 aliphatic rings. The summed E-state index contributed by atoms with van der Waals surface area (Å²) in [4.78, 5) is 33.9. The average Bonchev–Trinajstić information content (AvgIpc) is 2.87. The Labute approximate surface area is 202 Å². The van der Waals surface area contributed by atoms with Gasteiger partial charge in [0.25, 0.3) is 5.56 Å². The normalized spacial score (nSPS) is 12.0. The standard InChI is InChI=1S/C28H37N3O3/c1-5-7-9-14-20-30(26(32)19-8-6-2)21(3)27-29-23-16-11-10-15-22(23)28(33)31(27)24-17-12-13-18-25(24)34-4/h10-13,15-18,21H,5-9,14,19-20H2,1-4H3/t21-/m1/s1. The molecule has 0 aliphatic carbocycles. The molecule has 2 aromatic carbocycles. The van der Waals surface area contributed by atoms with Crippen molar-refractivity contribution in [3.8, 4) is 11.4 Å². The molecule has 0 bridgehead atoms. The van der Waals surface area contributed by atoms with Gasteiger partial charge >= 0.3 is 0 Å². The molecule has 0 saturated heterocycles. The van der Waals surface area contributed by atoms with E-state index >= 15 is 0 Å². The maximum atomic E-state index is 13.7. The van der Waals surface area contributed by atoms with Crippen LogP contribution in [0.15, 0.2) is 53.3 Å². The van der Waals surface area contributed by atoms with E-state index in [0.717, 1.165) is 38.5 Å². The third kappa shape index (κ3) is 5.66. The smallest absolute Gasteiger partial charge is 0.266 e. The molecule has 6 nitrogen and oxygen atoms in total. The predicted molar refractivity (Wildman–Crippen MR) is 138 cm³/mol. The van der Waals surface area contributed by atoms with Gasteiger partial charge in [-0.1, -0.05) is 63.8 Å². The minimum absolute atomic E-state index is 0.111. The van der Waals surface area contributed by atoms with Gasteiger partial charge in [-0.2, -0.15) is 0 Å². The summed E-state index contributed by atoms with van der Waals surface area (Å²) in [7, 11) is 1.59. The molecule has 1 atom stereocenters. The Morgan fingerprint density at radius 3 is 2.44 bits per heavy atom. The molecule has 182 valence electrons. The van der Waals surface area contributed by atoms with Crippen LogP contribution in [0.5, 0.6) is 5.75 Å². The lowest BCUT2D eigenvalue weighted by Crippen LogP contribution is -2.38. The van der Waals surface area contributed by atoms with Gasteiger partial charge in [0.15, 0.2) is 0 Å². The van der Waals surface area contributed by atoms with Crippen LogP contribution >= 0.6 is 0 Å². The van der Waals surface area contributed by atoms with Crippen molar-refractivity contribution in [2.75, 3.05) is 13.7 Å². The SMILES string of the molecule is CCCCCCN(C(=O)CCCC)[C@H](C)c1nc2ccccc2c(=O)n1-c1ccccc1OC. The molecule has 34 heavy (non-hydrogen) atoms. The number of amides is 1. The maximum absolute atomic E-state index is 13.7. The first kappa shape index (κ1) is 25.5. The molecule has 0 fully saturated rings. The van der Waals surface area contributed by atoms with Crippen LogP contribution in [0.4, 0.5) is 0 Å². The Balaban J connectivity index is 2.16. The lowest BCUT2D eigenvalue weighted by Gasteiger charge is -2.31. The Hall–Kier alpha value is -3.15. The van der Waals surface area contributed by atoms with E-state index in [2.05, 4.69) is 13.8 Å². The van der Waals surface area contributed by atoms with Gasteiger partial charge in [-0.05, 0) is 44.0 Å². The Bertz CT molecular complexity index is 1160. The second-order valence-corrected chi connectivity index (χ2v) is 8.73. The van der Waals surface area contributed by atoms with E-state index in [9.17, 15) is 9.59 Å². The highest BCUT2D eigenvalue weighted by molar-refractivity contribution is 5.79. The average molecular weight is 464 g/mol. The van der Waals surface area contributed by atoms with Crippen molar-refractivity contribution in [1.82, 2.24) is 14.5 Å². The van der Waals surface area contributed by atoms with Gasteiger partial charge in [0, 0.05) is 13.0 Å². The number of unbranched alkanes of at least 4 members (excludes halogenated alkanes) is 4. The summed E-state index contributed by atoms with van der Waals surface area (Å²) >= 11 is 0. The first-order valence-electron chi connectivity index (χ1n) is 12.5. The first-order valence-corrected chi connectivity index (χ1v) is 12.5. The third-order valence-corrected chi connectivity index (χ3v) is 6.29. The van der Waals surface area contributed by atoms with Crippen molar-refractivity contribution in [2.24, 2.45) is 0 Å². The zero-order valence-corrected chi connectivity index (χ0v) is 20.9. The van der Waals surface area contributed by atoms with Gasteiger partial charge in [0.05, 0.1) is 29.7 Å². The Morgan fingerprint density at radius 1 is 1.00 bits per heavy atom. The van der Waals surface area contributed by atoms with E-state index in [1.807, 2.05) is 54.3 Å². The largest absolute Gasteiger partial charge is 0.495 e. The number of fused-ring (bicyclic) bond motifs is 1. The quantitative estimate of drug-likeness (QED) is 0.307.